The highest BCUT2D eigenvalue weighted by Crippen LogP contribution is 2.33. The predicted octanol–water partition coefficient (Wildman–Crippen LogP) is 1.53. The van der Waals surface area contributed by atoms with Crippen LogP contribution in [0.2, 0.25) is 0 Å². The third-order valence-electron chi connectivity index (χ3n) is 1.75. The minimum Gasteiger partial charge on any atom is -0.370 e. The normalized spacial score (nSPS) is 12.3. The Bertz CT molecular complexity index is 505. The van der Waals surface area contributed by atoms with E-state index in [1.54, 1.807) is 22.6 Å². The molecule has 0 fully saturated rings. The van der Waals surface area contributed by atoms with Crippen molar-refractivity contribution in [1.29, 1.82) is 0 Å². The Morgan fingerprint density at radius 3 is 2.22 bits per heavy atom. The van der Waals surface area contributed by atoms with Crippen LogP contribution in [0.5, 0.6) is 0 Å². The second-order valence-corrected chi connectivity index (χ2v) is 4.33. The number of hydrogen-bond donors (Lipinski definition) is 3. The molecule has 5 nitrogen and oxygen atoms in total. The van der Waals surface area contributed by atoms with Crippen LogP contribution in [0.4, 0.5) is 18.9 Å². The lowest BCUT2D eigenvalue weighted by atomic mass is 10.2. The summed E-state index contributed by atoms with van der Waals surface area (Å²) in [7, 11) is 0. The number of aliphatic imine (C=N–C) groups is 2. The van der Waals surface area contributed by atoms with Crippen molar-refractivity contribution in [2.45, 2.75) is 6.18 Å². The van der Waals surface area contributed by atoms with Crippen molar-refractivity contribution in [3.8, 4) is 0 Å². The molecule has 1 rings (SSSR count). The van der Waals surface area contributed by atoms with E-state index in [1.165, 1.54) is 6.07 Å². The molecule has 0 aliphatic rings. The maximum Gasteiger partial charge on any atom is 0.416 e. The zero-order chi connectivity index (χ0) is 13.9. The largest absolute Gasteiger partial charge is 0.416 e. The molecular weight excluding hydrogens is 362 g/mol. The molecule has 0 saturated heterocycles. The molecule has 0 aliphatic heterocycles. The van der Waals surface area contributed by atoms with E-state index in [4.69, 9.17) is 17.2 Å². The third kappa shape index (κ3) is 4.05. The fraction of sp³-hybridized carbons (Fsp3) is 0.111. The molecule has 0 aromatic heterocycles. The number of alkyl halides is 3. The molecule has 9 heteroatoms. The third-order valence-corrected chi connectivity index (χ3v) is 2.62. The number of benzene rings is 1. The van der Waals surface area contributed by atoms with E-state index >= 15 is 0 Å². The van der Waals surface area contributed by atoms with Crippen LogP contribution in [0.1, 0.15) is 5.56 Å². The van der Waals surface area contributed by atoms with Crippen LogP contribution in [-0.4, -0.2) is 11.9 Å². The quantitative estimate of drug-likeness (QED) is 0.396. The highest BCUT2D eigenvalue weighted by Gasteiger charge is 2.30. The van der Waals surface area contributed by atoms with Crippen molar-refractivity contribution < 1.29 is 13.2 Å². The Hall–Kier alpha value is -1.52. The Labute approximate surface area is 114 Å². The number of guanidine groups is 2. The molecule has 0 amide bonds. The average molecular weight is 371 g/mol. The van der Waals surface area contributed by atoms with Crippen LogP contribution in [0.3, 0.4) is 0 Å². The van der Waals surface area contributed by atoms with E-state index in [2.05, 4.69) is 9.98 Å². The van der Waals surface area contributed by atoms with Crippen LogP contribution in [0, 0.1) is 3.57 Å². The minimum atomic E-state index is -4.40. The molecule has 18 heavy (non-hydrogen) atoms. The summed E-state index contributed by atoms with van der Waals surface area (Å²) in [6.45, 7) is 0. The molecule has 1 aromatic rings. The Morgan fingerprint density at radius 2 is 1.78 bits per heavy atom. The highest BCUT2D eigenvalue weighted by molar-refractivity contribution is 14.1. The molecule has 0 atom stereocenters. The van der Waals surface area contributed by atoms with Crippen molar-refractivity contribution in [2.75, 3.05) is 0 Å². The fourth-order valence-electron chi connectivity index (χ4n) is 1.05. The lowest BCUT2D eigenvalue weighted by Crippen LogP contribution is -2.26. The van der Waals surface area contributed by atoms with Gasteiger partial charge in [-0.15, -0.1) is 0 Å². The van der Waals surface area contributed by atoms with Gasteiger partial charge in [0.2, 0.25) is 5.96 Å². The second-order valence-electron chi connectivity index (χ2n) is 3.17. The lowest BCUT2D eigenvalue weighted by molar-refractivity contribution is -0.137. The molecule has 0 aliphatic carbocycles. The molecule has 0 unspecified atom stereocenters. The Kier molecular flexibility index (Phi) is 4.38. The number of rotatable bonds is 1. The van der Waals surface area contributed by atoms with Gasteiger partial charge in [0, 0.05) is 3.57 Å². The average Bonchev–Trinajstić information content (AvgIpc) is 2.18. The monoisotopic (exact) mass is 371 g/mol. The van der Waals surface area contributed by atoms with Gasteiger partial charge in [-0.1, -0.05) is 0 Å². The van der Waals surface area contributed by atoms with Crippen molar-refractivity contribution >= 4 is 40.2 Å². The zero-order valence-corrected chi connectivity index (χ0v) is 11.0. The van der Waals surface area contributed by atoms with Crippen molar-refractivity contribution in [1.82, 2.24) is 0 Å². The smallest absolute Gasteiger partial charge is 0.370 e. The van der Waals surface area contributed by atoms with Gasteiger partial charge >= 0.3 is 6.18 Å². The molecule has 0 spiro atoms. The van der Waals surface area contributed by atoms with Gasteiger partial charge in [-0.3, -0.25) is 0 Å². The van der Waals surface area contributed by atoms with Crippen LogP contribution in [0.25, 0.3) is 0 Å². The van der Waals surface area contributed by atoms with Gasteiger partial charge in [0.15, 0.2) is 5.96 Å². The molecule has 6 N–H and O–H groups in total. The van der Waals surface area contributed by atoms with Crippen molar-refractivity contribution in [3.63, 3.8) is 0 Å². The number of hydrogen-bond acceptors (Lipinski definition) is 1. The van der Waals surface area contributed by atoms with Gasteiger partial charge < -0.3 is 17.2 Å². The summed E-state index contributed by atoms with van der Waals surface area (Å²) in [4.78, 5) is 7.25. The van der Waals surface area contributed by atoms with Crippen molar-refractivity contribution in [3.05, 3.63) is 27.3 Å². The standard InChI is InChI=1S/C9H9F3IN5/c10-9(11,12)4-1-2-6(5(13)3-4)17-8(16)18-7(14)15/h1-3H,(H6,14,15,16,17,18). The van der Waals surface area contributed by atoms with E-state index in [0.29, 0.717) is 0 Å². The van der Waals surface area contributed by atoms with Crippen molar-refractivity contribution in [2.24, 2.45) is 27.2 Å². The topological polar surface area (TPSA) is 103 Å². The van der Waals surface area contributed by atoms with Crippen LogP contribution >= 0.6 is 22.6 Å². The van der Waals surface area contributed by atoms with E-state index < -0.39 is 11.7 Å². The summed E-state index contributed by atoms with van der Waals surface area (Å²) in [5.74, 6) is -0.508. The highest BCUT2D eigenvalue weighted by atomic mass is 127. The first-order chi connectivity index (χ1) is 8.20. The van der Waals surface area contributed by atoms with Crippen LogP contribution in [-0.2, 0) is 6.18 Å². The number of nitrogens with zero attached hydrogens (tertiary/aromatic N) is 2. The summed E-state index contributed by atoms with van der Waals surface area (Å²) in [5, 5.41) is 0. The van der Waals surface area contributed by atoms with Crippen LogP contribution < -0.4 is 17.2 Å². The maximum absolute atomic E-state index is 12.4. The molecular formula is C9H9F3IN5. The molecule has 0 heterocycles. The van der Waals surface area contributed by atoms with E-state index in [1.807, 2.05) is 0 Å². The zero-order valence-electron chi connectivity index (χ0n) is 8.87. The van der Waals surface area contributed by atoms with E-state index in [0.717, 1.165) is 12.1 Å². The van der Waals surface area contributed by atoms with Gasteiger partial charge in [-0.25, -0.2) is 4.99 Å². The minimum absolute atomic E-state index is 0.229. The number of halogens is 4. The van der Waals surface area contributed by atoms with Gasteiger partial charge in [0.1, 0.15) is 0 Å². The Balaban J connectivity index is 3.11. The first-order valence-electron chi connectivity index (χ1n) is 4.50. The SMILES string of the molecule is NC(N)=NC(N)=Nc1ccc(C(F)(F)F)cc1I. The predicted molar refractivity (Wildman–Crippen MR) is 71.3 cm³/mol. The summed E-state index contributed by atoms with van der Waals surface area (Å²) in [6, 6.07) is 3.06. The fourth-order valence-corrected chi connectivity index (χ4v) is 1.69. The van der Waals surface area contributed by atoms with Gasteiger partial charge in [0.25, 0.3) is 0 Å². The molecule has 0 bridgehead atoms. The lowest BCUT2D eigenvalue weighted by Gasteiger charge is -2.08. The van der Waals surface area contributed by atoms with E-state index in [-0.39, 0.29) is 21.2 Å². The van der Waals surface area contributed by atoms with E-state index in [9.17, 15) is 13.2 Å². The molecule has 98 valence electrons. The molecule has 1 aromatic carbocycles. The summed E-state index contributed by atoms with van der Waals surface area (Å²) in [5.41, 5.74) is 15.0. The first-order valence-corrected chi connectivity index (χ1v) is 5.58. The number of nitrogens with two attached hydrogens (primary N) is 3. The summed E-state index contributed by atoms with van der Waals surface area (Å²) < 4.78 is 37.5. The first kappa shape index (κ1) is 14.5. The molecule has 0 saturated carbocycles. The molecule has 0 radical (unpaired) electrons. The van der Waals surface area contributed by atoms with Gasteiger partial charge in [0.05, 0.1) is 11.3 Å². The van der Waals surface area contributed by atoms with Gasteiger partial charge in [-0.05, 0) is 40.8 Å². The van der Waals surface area contributed by atoms with Gasteiger partial charge in [-0.2, -0.15) is 18.2 Å². The second kappa shape index (κ2) is 5.42. The summed E-state index contributed by atoms with van der Waals surface area (Å²) >= 11 is 1.72. The summed E-state index contributed by atoms with van der Waals surface area (Å²) in [6.07, 6.45) is -4.40. The Morgan fingerprint density at radius 1 is 1.17 bits per heavy atom. The van der Waals surface area contributed by atoms with Crippen LogP contribution in [0.15, 0.2) is 28.2 Å². The maximum atomic E-state index is 12.4.